The Kier molecular flexibility index (Phi) is 3.86. The number of alkyl halides is 1. The van der Waals surface area contributed by atoms with Crippen LogP contribution in [-0.4, -0.2) is 20.1 Å². The van der Waals surface area contributed by atoms with Gasteiger partial charge in [0.15, 0.2) is 0 Å². The smallest absolute Gasteiger partial charge is 0.335 e. The van der Waals surface area contributed by atoms with Gasteiger partial charge in [-0.2, -0.15) is 0 Å². The summed E-state index contributed by atoms with van der Waals surface area (Å²) in [5.41, 5.74) is 1.01. The van der Waals surface area contributed by atoms with E-state index < -0.39 is 5.97 Å². The van der Waals surface area contributed by atoms with Gasteiger partial charge in [-0.25, -0.2) is 9.78 Å². The molecule has 17 heavy (non-hydrogen) atoms. The number of hydrogen-bond acceptors (Lipinski definition) is 3. The third-order valence-electron chi connectivity index (χ3n) is 2.74. The number of hydrogen-bond donors (Lipinski definition) is 2. The second-order valence-electron chi connectivity index (χ2n) is 4.48. The zero-order valence-electron chi connectivity index (χ0n) is 9.61. The van der Waals surface area contributed by atoms with Crippen LogP contribution in [0.15, 0.2) is 12.1 Å². The molecule has 92 valence electrons. The summed E-state index contributed by atoms with van der Waals surface area (Å²) in [6.45, 7) is 1.81. The number of aromatic carboxylic acids is 1. The van der Waals surface area contributed by atoms with Crippen molar-refractivity contribution in [2.24, 2.45) is 5.92 Å². The molecule has 1 heterocycles. The van der Waals surface area contributed by atoms with Crippen molar-refractivity contribution in [3.63, 3.8) is 0 Å². The summed E-state index contributed by atoms with van der Waals surface area (Å²) >= 11 is 2.34. The van der Waals surface area contributed by atoms with Gasteiger partial charge < -0.3 is 10.4 Å². The van der Waals surface area contributed by atoms with Gasteiger partial charge in [0.2, 0.25) is 0 Å². The molecule has 0 unspecified atom stereocenters. The molecule has 1 atom stereocenters. The quantitative estimate of drug-likeness (QED) is 0.489. The molecule has 1 saturated carbocycles. The van der Waals surface area contributed by atoms with Crippen LogP contribution in [0.4, 0.5) is 5.82 Å². The molecule has 1 aromatic rings. The van der Waals surface area contributed by atoms with Gasteiger partial charge in [-0.1, -0.05) is 35.4 Å². The fraction of sp³-hybridized carbons (Fsp3) is 0.500. The normalized spacial score (nSPS) is 16.6. The number of nitrogens with zero attached hydrogens (tertiary/aromatic N) is 1. The van der Waals surface area contributed by atoms with Gasteiger partial charge in [0.1, 0.15) is 5.82 Å². The maximum absolute atomic E-state index is 10.9. The predicted octanol–water partition coefficient (Wildman–Crippen LogP) is 3.06. The average Bonchev–Trinajstić information content (AvgIpc) is 3.00. The lowest BCUT2D eigenvalue weighted by molar-refractivity contribution is 0.0696. The molecule has 2 N–H and O–H groups in total. The number of nitrogens with one attached hydrogen (secondary N) is 1. The van der Waals surface area contributed by atoms with Crippen LogP contribution in [0, 0.1) is 12.8 Å². The van der Waals surface area contributed by atoms with Gasteiger partial charge in [-0.05, 0) is 31.4 Å². The standard InChI is InChI=1S/C12H15IN2O2/c1-7-4-9(12(16)17)6-11(14-7)15-10(13)5-8-2-3-8/h4,6,8,10H,2-3,5H2,1H3,(H,14,15)(H,16,17)/t10-/m0/s1. The average molecular weight is 346 g/mol. The van der Waals surface area contributed by atoms with Crippen LogP contribution in [0.1, 0.15) is 35.3 Å². The summed E-state index contributed by atoms with van der Waals surface area (Å²) in [7, 11) is 0. The van der Waals surface area contributed by atoms with E-state index in [1.54, 1.807) is 19.1 Å². The molecule has 0 radical (unpaired) electrons. The van der Waals surface area contributed by atoms with E-state index in [9.17, 15) is 4.79 Å². The SMILES string of the molecule is Cc1cc(C(=O)O)cc(N[C@H](I)CC2CC2)n1. The van der Waals surface area contributed by atoms with Crippen molar-refractivity contribution in [1.29, 1.82) is 0 Å². The summed E-state index contributed by atoms with van der Waals surface area (Å²) in [6.07, 6.45) is 3.77. The predicted molar refractivity (Wildman–Crippen MR) is 74.7 cm³/mol. The number of halogens is 1. The monoisotopic (exact) mass is 346 g/mol. The maximum Gasteiger partial charge on any atom is 0.335 e. The van der Waals surface area contributed by atoms with E-state index >= 15 is 0 Å². The minimum atomic E-state index is -0.911. The van der Waals surface area contributed by atoms with E-state index in [4.69, 9.17) is 5.11 Å². The fourth-order valence-electron chi connectivity index (χ4n) is 1.73. The molecule has 5 heteroatoms. The highest BCUT2D eigenvalue weighted by Crippen LogP contribution is 2.35. The molecule has 1 aliphatic rings. The Morgan fingerprint density at radius 1 is 1.65 bits per heavy atom. The minimum Gasteiger partial charge on any atom is -0.478 e. The van der Waals surface area contributed by atoms with Gasteiger partial charge in [-0.15, -0.1) is 0 Å². The Bertz CT molecular complexity index is 433. The maximum atomic E-state index is 10.9. The van der Waals surface area contributed by atoms with E-state index in [2.05, 4.69) is 32.9 Å². The largest absolute Gasteiger partial charge is 0.478 e. The third kappa shape index (κ3) is 3.83. The van der Waals surface area contributed by atoms with Crippen LogP contribution in [0.3, 0.4) is 0 Å². The number of anilines is 1. The van der Waals surface area contributed by atoms with Crippen molar-refractivity contribution >= 4 is 34.4 Å². The Morgan fingerprint density at radius 2 is 2.35 bits per heavy atom. The number of carboxylic acids is 1. The molecule has 2 rings (SSSR count). The third-order valence-corrected chi connectivity index (χ3v) is 3.56. The van der Waals surface area contributed by atoms with Crippen LogP contribution in [-0.2, 0) is 0 Å². The number of aromatic nitrogens is 1. The van der Waals surface area contributed by atoms with Gasteiger partial charge in [0.25, 0.3) is 0 Å². The Hall–Kier alpha value is -0.850. The van der Waals surface area contributed by atoms with Crippen molar-refractivity contribution in [3.8, 4) is 0 Å². The zero-order valence-corrected chi connectivity index (χ0v) is 11.8. The van der Waals surface area contributed by atoms with Crippen LogP contribution in [0.25, 0.3) is 0 Å². The molecule has 0 spiro atoms. The topological polar surface area (TPSA) is 62.2 Å². The van der Waals surface area contributed by atoms with E-state index in [1.165, 1.54) is 12.8 Å². The Morgan fingerprint density at radius 3 is 2.94 bits per heavy atom. The minimum absolute atomic E-state index is 0.287. The van der Waals surface area contributed by atoms with Gasteiger partial charge in [0, 0.05) is 5.69 Å². The van der Waals surface area contributed by atoms with Crippen molar-refractivity contribution in [2.75, 3.05) is 5.32 Å². The van der Waals surface area contributed by atoms with E-state index in [-0.39, 0.29) is 5.56 Å². The number of aryl methyl sites for hydroxylation is 1. The summed E-state index contributed by atoms with van der Waals surface area (Å²) in [4.78, 5) is 15.2. The molecular weight excluding hydrogens is 331 g/mol. The van der Waals surface area contributed by atoms with Crippen LogP contribution in [0.5, 0.6) is 0 Å². The highest BCUT2D eigenvalue weighted by atomic mass is 127. The molecule has 1 aromatic heterocycles. The van der Waals surface area contributed by atoms with Crippen molar-refractivity contribution in [2.45, 2.75) is 30.2 Å². The van der Waals surface area contributed by atoms with Crippen molar-refractivity contribution < 1.29 is 9.90 Å². The summed E-state index contributed by atoms with van der Waals surface area (Å²) in [6, 6.07) is 3.17. The van der Waals surface area contributed by atoms with Gasteiger partial charge >= 0.3 is 5.97 Å². The molecule has 1 aliphatic carbocycles. The second-order valence-corrected chi connectivity index (χ2v) is 5.98. The Labute approximate surface area is 114 Å². The molecular formula is C12H15IN2O2. The number of pyridine rings is 1. The molecule has 0 bridgehead atoms. The summed E-state index contributed by atoms with van der Waals surface area (Å²) in [5, 5.41) is 12.2. The van der Waals surface area contributed by atoms with Gasteiger partial charge in [-0.3, -0.25) is 0 Å². The molecule has 4 nitrogen and oxygen atoms in total. The van der Waals surface area contributed by atoms with E-state index in [0.29, 0.717) is 9.87 Å². The van der Waals surface area contributed by atoms with E-state index in [0.717, 1.165) is 18.0 Å². The van der Waals surface area contributed by atoms with Crippen LogP contribution in [0.2, 0.25) is 0 Å². The van der Waals surface area contributed by atoms with Crippen molar-refractivity contribution in [1.82, 2.24) is 4.98 Å². The summed E-state index contributed by atoms with van der Waals surface area (Å²) < 4.78 is 0.316. The highest BCUT2D eigenvalue weighted by Gasteiger charge is 2.24. The molecule has 0 amide bonds. The lowest BCUT2D eigenvalue weighted by atomic mass is 10.2. The number of carbonyl (C=O) groups is 1. The zero-order chi connectivity index (χ0) is 12.4. The van der Waals surface area contributed by atoms with E-state index in [1.807, 2.05) is 0 Å². The Balaban J connectivity index is 2.05. The lowest BCUT2D eigenvalue weighted by Gasteiger charge is -2.13. The van der Waals surface area contributed by atoms with Crippen molar-refractivity contribution in [3.05, 3.63) is 23.4 Å². The van der Waals surface area contributed by atoms with Crippen LogP contribution < -0.4 is 5.32 Å². The number of carboxylic acid groups (broad SMARTS) is 1. The van der Waals surface area contributed by atoms with Gasteiger partial charge in [0.05, 0.1) is 9.61 Å². The first kappa shape index (κ1) is 12.6. The molecule has 0 aromatic carbocycles. The molecule has 1 fully saturated rings. The molecule has 0 saturated heterocycles. The lowest BCUT2D eigenvalue weighted by Crippen LogP contribution is -2.14. The first-order chi connectivity index (χ1) is 8.04. The highest BCUT2D eigenvalue weighted by molar-refractivity contribution is 14.1. The number of rotatable bonds is 5. The summed E-state index contributed by atoms with van der Waals surface area (Å²) in [5.74, 6) is 0.585. The first-order valence-corrected chi connectivity index (χ1v) is 6.92. The first-order valence-electron chi connectivity index (χ1n) is 5.67. The second kappa shape index (κ2) is 5.20. The fourth-order valence-corrected chi connectivity index (χ4v) is 2.77. The molecule has 0 aliphatic heterocycles. The van der Waals surface area contributed by atoms with Crippen LogP contribution >= 0.6 is 22.6 Å².